The van der Waals surface area contributed by atoms with Crippen molar-refractivity contribution in [3.05, 3.63) is 54.9 Å². The third-order valence-corrected chi connectivity index (χ3v) is 3.96. The highest BCUT2D eigenvalue weighted by molar-refractivity contribution is 5.91. The Kier molecular flexibility index (Phi) is 2.30. The number of fused-ring (bicyclic) bond motifs is 2. The quantitative estimate of drug-likeness (QED) is 0.524. The zero-order valence-electron chi connectivity index (χ0n) is 11.6. The third-order valence-electron chi connectivity index (χ3n) is 3.96. The zero-order valence-corrected chi connectivity index (χ0v) is 11.6. The maximum absolute atomic E-state index is 10.4. The molecule has 0 aliphatic carbocycles. The molecule has 0 bridgehead atoms. The van der Waals surface area contributed by atoms with Crippen molar-refractivity contribution in [2.45, 2.75) is 0 Å². The number of rotatable bonds is 1. The fourth-order valence-electron chi connectivity index (χ4n) is 2.83. The lowest BCUT2D eigenvalue weighted by molar-refractivity contribution is 0.448. The summed E-state index contributed by atoms with van der Waals surface area (Å²) < 4.78 is 3.86. The van der Waals surface area contributed by atoms with Gasteiger partial charge in [-0.25, -0.2) is 0 Å². The van der Waals surface area contributed by atoms with Gasteiger partial charge in [0.25, 0.3) is 0 Å². The van der Waals surface area contributed by atoms with Crippen molar-refractivity contribution in [1.82, 2.24) is 9.13 Å². The molecule has 0 atom stereocenters. The predicted octanol–water partition coefficient (Wildman–Crippen LogP) is 3.41. The summed E-state index contributed by atoms with van der Waals surface area (Å²) in [5.41, 5.74) is 8.54. The van der Waals surface area contributed by atoms with E-state index in [9.17, 15) is 5.11 Å². The molecule has 0 unspecified atom stereocenters. The molecule has 0 aliphatic rings. The van der Waals surface area contributed by atoms with E-state index in [2.05, 4.69) is 22.8 Å². The molecule has 2 heterocycles. The topological polar surface area (TPSA) is 56.1 Å². The van der Waals surface area contributed by atoms with E-state index >= 15 is 0 Å². The Labute approximate surface area is 121 Å². The molecule has 0 radical (unpaired) electrons. The Morgan fingerprint density at radius 2 is 1.86 bits per heavy atom. The smallest absolute Gasteiger partial charge is 0.203 e. The monoisotopic (exact) mass is 277 g/mol. The van der Waals surface area contributed by atoms with E-state index in [0.29, 0.717) is 5.69 Å². The predicted molar refractivity (Wildman–Crippen MR) is 85.8 cm³/mol. The van der Waals surface area contributed by atoms with E-state index in [1.807, 2.05) is 37.6 Å². The normalized spacial score (nSPS) is 11.5. The van der Waals surface area contributed by atoms with Crippen LogP contribution in [0.15, 0.2) is 54.9 Å². The molecule has 0 fully saturated rings. The van der Waals surface area contributed by atoms with Crippen LogP contribution in [0.5, 0.6) is 5.88 Å². The molecule has 4 aromatic rings. The van der Waals surface area contributed by atoms with Gasteiger partial charge in [0.05, 0.1) is 0 Å². The molecule has 0 saturated carbocycles. The van der Waals surface area contributed by atoms with Crippen molar-refractivity contribution >= 4 is 27.4 Å². The number of anilines is 1. The third kappa shape index (κ3) is 1.69. The number of nitrogens with zero attached hydrogens (tertiary/aromatic N) is 2. The number of hydrogen-bond donors (Lipinski definition) is 2. The lowest BCUT2D eigenvalue weighted by Gasteiger charge is -2.06. The fraction of sp³-hybridized carbons (Fsp3) is 0.0588. The molecule has 2 aromatic heterocycles. The molecule has 2 aromatic carbocycles. The molecule has 21 heavy (non-hydrogen) atoms. The van der Waals surface area contributed by atoms with Crippen LogP contribution in [-0.4, -0.2) is 14.2 Å². The molecular formula is C17H15N3O. The van der Waals surface area contributed by atoms with Gasteiger partial charge in [-0.1, -0.05) is 6.07 Å². The number of aromatic nitrogens is 2. The standard InChI is InChI=1S/C17H15N3O/c1-19-7-6-11-8-14(4-5-16(11)19)20-10-12-2-3-13(18)9-15(12)17(20)21/h2-10,21H,18H2,1H3. The van der Waals surface area contributed by atoms with Crippen LogP contribution in [0, 0.1) is 0 Å². The van der Waals surface area contributed by atoms with Gasteiger partial charge in [0.2, 0.25) is 5.88 Å². The SMILES string of the molecule is Cn1ccc2cc(-n3cc4ccc(N)cc4c3O)ccc21. The molecule has 0 saturated heterocycles. The second kappa shape index (κ2) is 4.06. The molecule has 4 rings (SSSR count). The average Bonchev–Trinajstić information content (AvgIpc) is 3.01. The molecular weight excluding hydrogens is 262 g/mol. The Balaban J connectivity index is 1.97. The fourth-order valence-corrected chi connectivity index (χ4v) is 2.83. The maximum Gasteiger partial charge on any atom is 0.203 e. The van der Waals surface area contributed by atoms with Gasteiger partial charge in [-0.3, -0.25) is 4.57 Å². The first-order valence-corrected chi connectivity index (χ1v) is 6.78. The van der Waals surface area contributed by atoms with E-state index in [1.54, 1.807) is 10.6 Å². The largest absolute Gasteiger partial charge is 0.494 e. The van der Waals surface area contributed by atoms with Crippen molar-refractivity contribution in [1.29, 1.82) is 0 Å². The molecule has 104 valence electrons. The molecule has 4 nitrogen and oxygen atoms in total. The van der Waals surface area contributed by atoms with Crippen LogP contribution in [0.4, 0.5) is 5.69 Å². The van der Waals surface area contributed by atoms with Crippen molar-refractivity contribution < 1.29 is 5.11 Å². The first kappa shape index (κ1) is 11.9. The van der Waals surface area contributed by atoms with Gasteiger partial charge in [-0.05, 0) is 36.4 Å². The first-order chi connectivity index (χ1) is 10.1. The van der Waals surface area contributed by atoms with Crippen LogP contribution in [0.3, 0.4) is 0 Å². The summed E-state index contributed by atoms with van der Waals surface area (Å²) in [6.45, 7) is 0. The summed E-state index contributed by atoms with van der Waals surface area (Å²) in [6.07, 6.45) is 3.95. The average molecular weight is 277 g/mol. The van der Waals surface area contributed by atoms with E-state index < -0.39 is 0 Å². The van der Waals surface area contributed by atoms with Crippen molar-refractivity contribution in [2.75, 3.05) is 5.73 Å². The van der Waals surface area contributed by atoms with Gasteiger partial charge >= 0.3 is 0 Å². The summed E-state index contributed by atoms with van der Waals surface area (Å²) >= 11 is 0. The number of aryl methyl sites for hydroxylation is 1. The van der Waals surface area contributed by atoms with Crippen LogP contribution in [0.2, 0.25) is 0 Å². The lowest BCUT2D eigenvalue weighted by atomic mass is 10.2. The van der Waals surface area contributed by atoms with Gasteiger partial charge in [-0.2, -0.15) is 0 Å². The van der Waals surface area contributed by atoms with E-state index in [-0.39, 0.29) is 5.88 Å². The number of nitrogen functional groups attached to an aromatic ring is 1. The van der Waals surface area contributed by atoms with Gasteiger partial charge in [0, 0.05) is 52.5 Å². The minimum absolute atomic E-state index is 0.215. The Morgan fingerprint density at radius 1 is 1.00 bits per heavy atom. The second-order valence-corrected chi connectivity index (χ2v) is 5.34. The zero-order chi connectivity index (χ0) is 14.6. The highest BCUT2D eigenvalue weighted by Gasteiger charge is 2.10. The Hall–Kier alpha value is -2.88. The highest BCUT2D eigenvalue weighted by atomic mass is 16.3. The van der Waals surface area contributed by atoms with Crippen molar-refractivity contribution in [3.8, 4) is 11.6 Å². The summed E-state index contributed by atoms with van der Waals surface area (Å²) in [5.74, 6) is 0.215. The molecule has 0 amide bonds. The van der Waals surface area contributed by atoms with Crippen molar-refractivity contribution in [3.63, 3.8) is 0 Å². The Morgan fingerprint density at radius 3 is 2.71 bits per heavy atom. The molecule has 0 spiro atoms. The van der Waals surface area contributed by atoms with Crippen LogP contribution in [-0.2, 0) is 7.05 Å². The highest BCUT2D eigenvalue weighted by Crippen LogP contribution is 2.32. The van der Waals surface area contributed by atoms with E-state index in [0.717, 1.165) is 21.8 Å². The van der Waals surface area contributed by atoms with Gasteiger partial charge in [0.1, 0.15) is 0 Å². The number of benzene rings is 2. The molecule has 0 aliphatic heterocycles. The van der Waals surface area contributed by atoms with Crippen LogP contribution >= 0.6 is 0 Å². The lowest BCUT2D eigenvalue weighted by Crippen LogP contribution is -1.91. The van der Waals surface area contributed by atoms with Crippen molar-refractivity contribution in [2.24, 2.45) is 7.05 Å². The molecule has 4 heteroatoms. The second-order valence-electron chi connectivity index (χ2n) is 5.34. The van der Waals surface area contributed by atoms with Crippen LogP contribution in [0.1, 0.15) is 0 Å². The summed E-state index contributed by atoms with van der Waals surface area (Å²) in [7, 11) is 2.02. The van der Waals surface area contributed by atoms with E-state index in [1.165, 1.54) is 5.52 Å². The van der Waals surface area contributed by atoms with Gasteiger partial charge < -0.3 is 15.4 Å². The molecule has 3 N–H and O–H groups in total. The van der Waals surface area contributed by atoms with Gasteiger partial charge in [-0.15, -0.1) is 0 Å². The number of hydrogen-bond acceptors (Lipinski definition) is 2. The first-order valence-electron chi connectivity index (χ1n) is 6.78. The summed E-state index contributed by atoms with van der Waals surface area (Å²) in [4.78, 5) is 0. The van der Waals surface area contributed by atoms with Crippen LogP contribution in [0.25, 0.3) is 27.4 Å². The Bertz CT molecular complexity index is 978. The summed E-state index contributed by atoms with van der Waals surface area (Å²) in [6, 6.07) is 13.7. The number of nitrogens with two attached hydrogens (primary N) is 1. The minimum Gasteiger partial charge on any atom is -0.494 e. The van der Waals surface area contributed by atoms with E-state index in [4.69, 9.17) is 5.73 Å². The van der Waals surface area contributed by atoms with Gasteiger partial charge in [0.15, 0.2) is 0 Å². The number of aromatic hydroxyl groups is 1. The minimum atomic E-state index is 0.215. The summed E-state index contributed by atoms with van der Waals surface area (Å²) in [5, 5.41) is 13.3. The van der Waals surface area contributed by atoms with Crippen LogP contribution < -0.4 is 5.73 Å². The maximum atomic E-state index is 10.4.